The largest absolute Gasteiger partial charge is 0.490 e. The highest BCUT2D eigenvalue weighted by Gasteiger charge is 2.27. The average molecular weight is 381 g/mol. The van der Waals surface area contributed by atoms with Gasteiger partial charge in [-0.05, 0) is 24.3 Å². The molecule has 0 aliphatic carbocycles. The standard InChI is InChI=1S/C22H24FN3O2/c1-16(14-26-15-24-20-7-2-3-8-21(20)26)22(27)25-11-9-18(10-12-25)28-19-6-4-5-17(23)13-19/h2-8,13,15-16,18H,9-12,14H2,1H3. The summed E-state index contributed by atoms with van der Waals surface area (Å²) in [5.41, 5.74) is 1.99. The van der Waals surface area contributed by atoms with Crippen LogP contribution < -0.4 is 4.74 Å². The van der Waals surface area contributed by atoms with E-state index in [9.17, 15) is 9.18 Å². The summed E-state index contributed by atoms with van der Waals surface area (Å²) in [6.45, 7) is 3.90. The lowest BCUT2D eigenvalue weighted by molar-refractivity contribution is -0.137. The van der Waals surface area contributed by atoms with Crippen molar-refractivity contribution in [3.63, 3.8) is 0 Å². The van der Waals surface area contributed by atoms with Gasteiger partial charge in [0.05, 0.1) is 23.3 Å². The third-order valence-electron chi connectivity index (χ3n) is 5.27. The molecule has 1 amide bonds. The van der Waals surface area contributed by atoms with Gasteiger partial charge in [-0.2, -0.15) is 0 Å². The van der Waals surface area contributed by atoms with Crippen LogP contribution in [0.4, 0.5) is 4.39 Å². The molecule has 3 aromatic rings. The van der Waals surface area contributed by atoms with Gasteiger partial charge in [0.25, 0.3) is 0 Å². The molecule has 0 N–H and O–H groups in total. The average Bonchev–Trinajstić information content (AvgIpc) is 3.11. The summed E-state index contributed by atoms with van der Waals surface area (Å²) in [6.07, 6.45) is 3.32. The van der Waals surface area contributed by atoms with Gasteiger partial charge in [-0.3, -0.25) is 4.79 Å². The Kier molecular flexibility index (Phi) is 5.28. The van der Waals surface area contributed by atoms with Crippen molar-refractivity contribution in [2.24, 2.45) is 5.92 Å². The second-order valence-electron chi connectivity index (χ2n) is 7.39. The highest BCUT2D eigenvalue weighted by atomic mass is 19.1. The van der Waals surface area contributed by atoms with Gasteiger partial charge in [0.2, 0.25) is 5.91 Å². The van der Waals surface area contributed by atoms with Crippen LogP contribution in [0.5, 0.6) is 5.75 Å². The predicted octanol–water partition coefficient (Wildman–Crippen LogP) is 3.88. The Morgan fingerprint density at radius 1 is 1.21 bits per heavy atom. The molecule has 5 nitrogen and oxygen atoms in total. The molecule has 0 radical (unpaired) electrons. The molecule has 2 aromatic carbocycles. The molecule has 6 heteroatoms. The minimum absolute atomic E-state index is 0.0127. The molecule has 146 valence electrons. The van der Waals surface area contributed by atoms with Crippen molar-refractivity contribution in [3.8, 4) is 5.75 Å². The number of hydrogen-bond acceptors (Lipinski definition) is 3. The number of carbonyl (C=O) groups is 1. The molecule has 1 aromatic heterocycles. The number of piperidine rings is 1. The number of rotatable bonds is 5. The Hall–Kier alpha value is -2.89. The summed E-state index contributed by atoms with van der Waals surface area (Å²) in [6, 6.07) is 14.1. The minimum Gasteiger partial charge on any atom is -0.490 e. The molecule has 1 atom stereocenters. The normalized spacial score (nSPS) is 16.3. The topological polar surface area (TPSA) is 47.4 Å². The first-order chi connectivity index (χ1) is 13.6. The maximum Gasteiger partial charge on any atom is 0.227 e. The molecule has 1 saturated heterocycles. The van der Waals surface area contributed by atoms with Gasteiger partial charge in [0.15, 0.2) is 0 Å². The number of carbonyl (C=O) groups excluding carboxylic acids is 1. The quantitative estimate of drug-likeness (QED) is 0.674. The first-order valence-electron chi connectivity index (χ1n) is 9.71. The molecule has 2 heterocycles. The zero-order valence-electron chi connectivity index (χ0n) is 15.9. The van der Waals surface area contributed by atoms with E-state index in [0.29, 0.717) is 25.4 Å². The van der Waals surface area contributed by atoms with E-state index in [-0.39, 0.29) is 23.7 Å². The van der Waals surface area contributed by atoms with Crippen LogP contribution in [-0.2, 0) is 11.3 Å². The first-order valence-corrected chi connectivity index (χ1v) is 9.71. The van der Waals surface area contributed by atoms with Gasteiger partial charge in [-0.15, -0.1) is 0 Å². The lowest BCUT2D eigenvalue weighted by atomic mass is 10.0. The summed E-state index contributed by atoms with van der Waals surface area (Å²) in [5.74, 6) is 0.274. The van der Waals surface area contributed by atoms with Gasteiger partial charge >= 0.3 is 0 Å². The Balaban J connectivity index is 1.32. The van der Waals surface area contributed by atoms with E-state index in [1.54, 1.807) is 18.5 Å². The number of imidazole rings is 1. The fourth-order valence-electron chi connectivity index (χ4n) is 3.77. The predicted molar refractivity (Wildman–Crippen MR) is 106 cm³/mol. The van der Waals surface area contributed by atoms with Crippen LogP contribution in [-0.4, -0.2) is 39.6 Å². The van der Waals surface area contributed by atoms with Crippen molar-refractivity contribution in [3.05, 3.63) is 60.7 Å². The number of amides is 1. The van der Waals surface area contributed by atoms with Gasteiger partial charge < -0.3 is 14.2 Å². The molecular weight excluding hydrogens is 357 g/mol. The summed E-state index contributed by atoms with van der Waals surface area (Å²) >= 11 is 0. The molecule has 0 spiro atoms. The molecule has 28 heavy (non-hydrogen) atoms. The number of likely N-dealkylation sites (tertiary alicyclic amines) is 1. The molecule has 1 aliphatic heterocycles. The lowest BCUT2D eigenvalue weighted by Gasteiger charge is -2.33. The number of nitrogens with zero attached hydrogens (tertiary/aromatic N) is 3. The van der Waals surface area contributed by atoms with E-state index in [0.717, 1.165) is 23.9 Å². The molecule has 0 saturated carbocycles. The van der Waals surface area contributed by atoms with Crippen LogP contribution in [0.2, 0.25) is 0 Å². The molecule has 1 unspecified atom stereocenters. The van der Waals surface area contributed by atoms with Crippen LogP contribution in [0.3, 0.4) is 0 Å². The Labute approximate surface area is 163 Å². The van der Waals surface area contributed by atoms with Gasteiger partial charge in [0, 0.05) is 38.5 Å². The number of ether oxygens (including phenoxy) is 1. The van der Waals surface area contributed by atoms with E-state index in [2.05, 4.69) is 4.98 Å². The number of benzene rings is 2. The maximum absolute atomic E-state index is 13.3. The second-order valence-corrected chi connectivity index (χ2v) is 7.39. The number of fused-ring (bicyclic) bond motifs is 1. The number of hydrogen-bond donors (Lipinski definition) is 0. The van der Waals surface area contributed by atoms with Crippen molar-refractivity contribution >= 4 is 16.9 Å². The van der Waals surface area contributed by atoms with Crippen LogP contribution in [0.25, 0.3) is 11.0 Å². The molecule has 0 bridgehead atoms. The Morgan fingerprint density at radius 2 is 2.00 bits per heavy atom. The molecular formula is C22H24FN3O2. The van der Waals surface area contributed by atoms with Crippen molar-refractivity contribution in [1.29, 1.82) is 0 Å². The lowest BCUT2D eigenvalue weighted by Crippen LogP contribution is -2.44. The van der Waals surface area contributed by atoms with E-state index >= 15 is 0 Å². The molecule has 1 aliphatic rings. The van der Waals surface area contributed by atoms with E-state index in [4.69, 9.17) is 4.74 Å². The monoisotopic (exact) mass is 381 g/mol. The van der Waals surface area contributed by atoms with Crippen molar-refractivity contribution < 1.29 is 13.9 Å². The zero-order valence-corrected chi connectivity index (χ0v) is 15.9. The van der Waals surface area contributed by atoms with Crippen molar-refractivity contribution in [1.82, 2.24) is 14.5 Å². The zero-order chi connectivity index (χ0) is 19.5. The highest BCUT2D eigenvalue weighted by molar-refractivity contribution is 5.79. The fraction of sp³-hybridized carbons (Fsp3) is 0.364. The Morgan fingerprint density at radius 3 is 2.79 bits per heavy atom. The van der Waals surface area contributed by atoms with E-state index in [1.165, 1.54) is 12.1 Å². The summed E-state index contributed by atoms with van der Waals surface area (Å²) in [7, 11) is 0. The first kappa shape index (κ1) is 18.5. The van der Waals surface area contributed by atoms with E-state index < -0.39 is 0 Å². The smallest absolute Gasteiger partial charge is 0.227 e. The molecule has 1 fully saturated rings. The molecule has 4 rings (SSSR count). The van der Waals surface area contributed by atoms with Gasteiger partial charge in [-0.25, -0.2) is 9.37 Å². The number of para-hydroxylation sites is 2. The highest BCUT2D eigenvalue weighted by Crippen LogP contribution is 2.21. The second kappa shape index (κ2) is 8.00. The van der Waals surface area contributed by atoms with Gasteiger partial charge in [-0.1, -0.05) is 25.1 Å². The van der Waals surface area contributed by atoms with Crippen molar-refractivity contribution in [2.45, 2.75) is 32.4 Å². The summed E-state index contributed by atoms with van der Waals surface area (Å²) in [4.78, 5) is 19.2. The van der Waals surface area contributed by atoms with Gasteiger partial charge in [0.1, 0.15) is 17.7 Å². The summed E-state index contributed by atoms with van der Waals surface area (Å²) < 4.78 is 21.2. The van der Waals surface area contributed by atoms with Crippen LogP contribution in [0.15, 0.2) is 54.9 Å². The number of aromatic nitrogens is 2. The third kappa shape index (κ3) is 4.01. The third-order valence-corrected chi connectivity index (χ3v) is 5.27. The summed E-state index contributed by atoms with van der Waals surface area (Å²) in [5, 5.41) is 0. The van der Waals surface area contributed by atoms with Crippen LogP contribution in [0, 0.1) is 11.7 Å². The van der Waals surface area contributed by atoms with Crippen LogP contribution >= 0.6 is 0 Å². The fourth-order valence-corrected chi connectivity index (χ4v) is 3.77. The SMILES string of the molecule is CC(Cn1cnc2ccccc21)C(=O)N1CCC(Oc2cccc(F)c2)CC1. The van der Waals surface area contributed by atoms with Crippen LogP contribution in [0.1, 0.15) is 19.8 Å². The van der Waals surface area contributed by atoms with E-state index in [1.807, 2.05) is 40.7 Å². The Bertz CT molecular complexity index is 963. The number of halogens is 1. The maximum atomic E-state index is 13.3. The minimum atomic E-state index is -0.300. The van der Waals surface area contributed by atoms with Crippen molar-refractivity contribution in [2.75, 3.05) is 13.1 Å².